The number of benzene rings is 2. The highest BCUT2D eigenvalue weighted by Crippen LogP contribution is 2.33. The van der Waals surface area contributed by atoms with Gasteiger partial charge in [-0.3, -0.25) is 0 Å². The van der Waals surface area contributed by atoms with Gasteiger partial charge in [-0.2, -0.15) is 8.42 Å². The van der Waals surface area contributed by atoms with Crippen molar-refractivity contribution in [2.75, 3.05) is 11.5 Å². The molecule has 0 unspecified atom stereocenters. The third-order valence-corrected chi connectivity index (χ3v) is 5.77. The number of nitrogens with two attached hydrogens (primary N) is 2. The average molecular weight is 346 g/mol. The highest BCUT2D eigenvalue weighted by atomic mass is 32.2. The number of nitrogen functional groups attached to an aromatic ring is 2. The van der Waals surface area contributed by atoms with E-state index in [2.05, 4.69) is 0 Å². The zero-order valence-corrected chi connectivity index (χ0v) is 14.3. The monoisotopic (exact) mass is 346 g/mol. The molecule has 2 aromatic carbocycles. The Bertz CT molecular complexity index is 811. The average Bonchev–Trinajstić information content (AvgIpc) is 2.59. The predicted octanol–water partition coefficient (Wildman–Crippen LogP) is 3.67. The van der Waals surface area contributed by atoms with Crippen LogP contribution < -0.4 is 15.7 Å². The Balaban J connectivity index is 1.77. The minimum atomic E-state index is -3.89. The minimum absolute atomic E-state index is 0.137. The van der Waals surface area contributed by atoms with Crippen molar-refractivity contribution in [1.82, 2.24) is 0 Å². The zero-order valence-electron chi connectivity index (χ0n) is 13.4. The van der Waals surface area contributed by atoms with E-state index in [1.54, 1.807) is 12.1 Å². The summed E-state index contributed by atoms with van der Waals surface area (Å²) in [6.07, 6.45) is 6.13. The van der Waals surface area contributed by atoms with Gasteiger partial charge < -0.3 is 15.7 Å². The molecule has 0 atom stereocenters. The van der Waals surface area contributed by atoms with Gasteiger partial charge in [-0.1, -0.05) is 31.4 Å². The first kappa shape index (κ1) is 16.6. The molecule has 0 aliphatic heterocycles. The second-order valence-electron chi connectivity index (χ2n) is 6.23. The third kappa shape index (κ3) is 3.64. The molecular weight excluding hydrogens is 324 g/mol. The van der Waals surface area contributed by atoms with E-state index in [0.29, 0.717) is 11.6 Å². The number of hydrogen-bond donors (Lipinski definition) is 2. The van der Waals surface area contributed by atoms with Crippen molar-refractivity contribution in [2.45, 2.75) is 42.9 Å². The molecule has 5 nitrogen and oxygen atoms in total. The molecule has 0 aromatic heterocycles. The van der Waals surface area contributed by atoms with Gasteiger partial charge in [0, 0.05) is 6.07 Å². The first-order chi connectivity index (χ1) is 11.5. The topological polar surface area (TPSA) is 95.4 Å². The first-order valence-corrected chi connectivity index (χ1v) is 9.56. The standard InChI is InChI=1S/C18H22N2O3S/c19-17-11-8-15(12-18(17)20)23-24(21,22)16-9-6-14(7-10-16)13-4-2-1-3-5-13/h6-13H,1-5,19-20H2. The van der Waals surface area contributed by atoms with Gasteiger partial charge in [-0.15, -0.1) is 0 Å². The van der Waals surface area contributed by atoms with Crippen molar-refractivity contribution in [3.8, 4) is 5.75 Å². The molecule has 4 N–H and O–H groups in total. The molecule has 1 saturated carbocycles. The largest absolute Gasteiger partial charge is 0.397 e. The summed E-state index contributed by atoms with van der Waals surface area (Å²) >= 11 is 0. The number of anilines is 2. The summed E-state index contributed by atoms with van der Waals surface area (Å²) in [6.45, 7) is 0. The van der Waals surface area contributed by atoms with Gasteiger partial charge in [0.15, 0.2) is 0 Å². The lowest BCUT2D eigenvalue weighted by Crippen LogP contribution is -2.11. The molecule has 0 saturated heterocycles. The molecule has 0 bridgehead atoms. The molecular formula is C18H22N2O3S. The minimum Gasteiger partial charge on any atom is -0.397 e. The van der Waals surface area contributed by atoms with E-state index >= 15 is 0 Å². The van der Waals surface area contributed by atoms with Crippen molar-refractivity contribution in [1.29, 1.82) is 0 Å². The fourth-order valence-corrected chi connectivity index (χ4v) is 4.04. The summed E-state index contributed by atoms with van der Waals surface area (Å²) in [5, 5.41) is 0. The van der Waals surface area contributed by atoms with E-state index in [-0.39, 0.29) is 16.3 Å². The van der Waals surface area contributed by atoms with Crippen LogP contribution in [0.15, 0.2) is 47.4 Å². The van der Waals surface area contributed by atoms with Gasteiger partial charge in [-0.25, -0.2) is 0 Å². The van der Waals surface area contributed by atoms with Crippen molar-refractivity contribution < 1.29 is 12.6 Å². The fourth-order valence-electron chi connectivity index (χ4n) is 3.12. The lowest BCUT2D eigenvalue weighted by atomic mass is 9.84. The molecule has 1 aliphatic carbocycles. The van der Waals surface area contributed by atoms with Crippen molar-refractivity contribution in [2.24, 2.45) is 0 Å². The quantitative estimate of drug-likeness (QED) is 0.650. The Morgan fingerprint density at radius 3 is 2.17 bits per heavy atom. The van der Waals surface area contributed by atoms with Crippen molar-refractivity contribution in [3.63, 3.8) is 0 Å². The molecule has 6 heteroatoms. The van der Waals surface area contributed by atoms with E-state index in [0.717, 1.165) is 0 Å². The highest BCUT2D eigenvalue weighted by Gasteiger charge is 2.19. The van der Waals surface area contributed by atoms with Crippen LogP contribution in [0.1, 0.15) is 43.6 Å². The van der Waals surface area contributed by atoms with Crippen LogP contribution in [0.2, 0.25) is 0 Å². The van der Waals surface area contributed by atoms with E-state index in [1.807, 2.05) is 12.1 Å². The van der Waals surface area contributed by atoms with E-state index < -0.39 is 10.1 Å². The second-order valence-corrected chi connectivity index (χ2v) is 7.78. The van der Waals surface area contributed by atoms with Crippen LogP contribution in [0, 0.1) is 0 Å². The molecule has 0 amide bonds. The lowest BCUT2D eigenvalue weighted by Gasteiger charge is -2.22. The van der Waals surface area contributed by atoms with Crippen LogP contribution in [0.3, 0.4) is 0 Å². The maximum Gasteiger partial charge on any atom is 0.339 e. The van der Waals surface area contributed by atoms with Crippen LogP contribution in [0.25, 0.3) is 0 Å². The molecule has 3 rings (SSSR count). The molecule has 128 valence electrons. The Labute approximate surface area is 142 Å². The van der Waals surface area contributed by atoms with Crippen LogP contribution >= 0.6 is 0 Å². The molecule has 1 aliphatic rings. The van der Waals surface area contributed by atoms with Crippen LogP contribution in [0.4, 0.5) is 11.4 Å². The SMILES string of the molecule is Nc1ccc(OS(=O)(=O)c2ccc(C3CCCCC3)cc2)cc1N. The summed E-state index contributed by atoms with van der Waals surface area (Å²) < 4.78 is 29.9. The summed E-state index contributed by atoms with van der Waals surface area (Å²) in [5.41, 5.74) is 13.2. The van der Waals surface area contributed by atoms with E-state index in [4.69, 9.17) is 15.7 Å². The highest BCUT2D eigenvalue weighted by molar-refractivity contribution is 7.87. The Hall–Kier alpha value is -2.21. The molecule has 0 spiro atoms. The zero-order chi connectivity index (χ0) is 17.2. The van der Waals surface area contributed by atoms with Gasteiger partial charge in [0.05, 0.1) is 11.4 Å². The second kappa shape index (κ2) is 6.73. The lowest BCUT2D eigenvalue weighted by molar-refractivity contribution is 0.443. The maximum absolute atomic E-state index is 12.4. The first-order valence-electron chi connectivity index (χ1n) is 8.15. The van der Waals surface area contributed by atoms with Gasteiger partial charge >= 0.3 is 10.1 Å². The van der Waals surface area contributed by atoms with Gasteiger partial charge in [0.2, 0.25) is 0 Å². The molecule has 24 heavy (non-hydrogen) atoms. The maximum atomic E-state index is 12.4. The van der Waals surface area contributed by atoms with E-state index in [9.17, 15) is 8.42 Å². The molecule has 0 heterocycles. The van der Waals surface area contributed by atoms with Gasteiger partial charge in [-0.05, 0) is 48.6 Å². The van der Waals surface area contributed by atoms with Crippen molar-refractivity contribution in [3.05, 3.63) is 48.0 Å². The molecule has 1 fully saturated rings. The predicted molar refractivity (Wildman–Crippen MR) is 95.3 cm³/mol. The summed E-state index contributed by atoms with van der Waals surface area (Å²) in [7, 11) is -3.89. The number of hydrogen-bond acceptors (Lipinski definition) is 5. The third-order valence-electron chi connectivity index (χ3n) is 4.51. The normalized spacial score (nSPS) is 16.0. The van der Waals surface area contributed by atoms with Crippen LogP contribution in [0.5, 0.6) is 5.75 Å². The van der Waals surface area contributed by atoms with Gasteiger partial charge in [0.25, 0.3) is 0 Å². The molecule has 0 radical (unpaired) electrons. The summed E-state index contributed by atoms with van der Waals surface area (Å²) in [4.78, 5) is 0.137. The van der Waals surface area contributed by atoms with Crippen LogP contribution in [-0.2, 0) is 10.1 Å². The summed E-state index contributed by atoms with van der Waals surface area (Å²) in [6, 6.07) is 11.4. The number of rotatable bonds is 4. The Kier molecular flexibility index (Phi) is 4.66. The Morgan fingerprint density at radius 2 is 1.54 bits per heavy atom. The van der Waals surface area contributed by atoms with E-state index in [1.165, 1.54) is 55.9 Å². The molecule has 2 aromatic rings. The fraction of sp³-hybridized carbons (Fsp3) is 0.333. The summed E-state index contributed by atoms with van der Waals surface area (Å²) in [5.74, 6) is 0.686. The Morgan fingerprint density at radius 1 is 0.875 bits per heavy atom. The van der Waals surface area contributed by atoms with Gasteiger partial charge in [0.1, 0.15) is 10.6 Å². The van der Waals surface area contributed by atoms with Crippen molar-refractivity contribution >= 4 is 21.5 Å². The smallest absolute Gasteiger partial charge is 0.339 e. The van der Waals surface area contributed by atoms with Crippen LogP contribution in [-0.4, -0.2) is 8.42 Å².